The molecule has 1 aromatic carbocycles. The van der Waals surface area contributed by atoms with Crippen molar-refractivity contribution in [2.75, 3.05) is 6.61 Å². The van der Waals surface area contributed by atoms with Crippen molar-refractivity contribution >= 4 is 21.9 Å². The van der Waals surface area contributed by atoms with Gasteiger partial charge in [0.25, 0.3) is 0 Å². The standard InChI is InChI=1S/C16H23BrO2/c1-3-4-12-19-16(18)15(17)7-5-6-14-10-8-13(2)9-11-14/h8-11,15H,3-7,12H2,1-2H3. The van der Waals surface area contributed by atoms with Crippen LogP contribution in [0.5, 0.6) is 0 Å². The third-order valence-electron chi connectivity index (χ3n) is 3.04. The smallest absolute Gasteiger partial charge is 0.319 e. The average molecular weight is 327 g/mol. The molecule has 0 aliphatic rings. The Morgan fingerprint density at radius 3 is 2.58 bits per heavy atom. The fraction of sp³-hybridized carbons (Fsp3) is 0.562. The van der Waals surface area contributed by atoms with Gasteiger partial charge >= 0.3 is 5.97 Å². The highest BCUT2D eigenvalue weighted by atomic mass is 79.9. The van der Waals surface area contributed by atoms with Crippen LogP contribution < -0.4 is 0 Å². The van der Waals surface area contributed by atoms with Gasteiger partial charge in [0, 0.05) is 0 Å². The van der Waals surface area contributed by atoms with E-state index < -0.39 is 0 Å². The van der Waals surface area contributed by atoms with Gasteiger partial charge in [0.1, 0.15) is 4.83 Å². The normalized spacial score (nSPS) is 12.2. The SMILES string of the molecule is CCCCOC(=O)C(Br)CCCc1ccc(C)cc1. The lowest BCUT2D eigenvalue weighted by molar-refractivity contribution is -0.143. The second kappa shape index (κ2) is 9.13. The van der Waals surface area contributed by atoms with E-state index in [4.69, 9.17) is 4.74 Å². The molecule has 0 radical (unpaired) electrons. The van der Waals surface area contributed by atoms with Crippen LogP contribution in [0.15, 0.2) is 24.3 Å². The minimum Gasteiger partial charge on any atom is -0.465 e. The van der Waals surface area contributed by atoms with E-state index in [1.807, 2.05) is 0 Å². The van der Waals surface area contributed by atoms with Crippen LogP contribution in [0.4, 0.5) is 0 Å². The van der Waals surface area contributed by atoms with Crippen molar-refractivity contribution < 1.29 is 9.53 Å². The van der Waals surface area contributed by atoms with Crippen molar-refractivity contribution in [2.45, 2.75) is 50.8 Å². The Morgan fingerprint density at radius 2 is 1.95 bits per heavy atom. The van der Waals surface area contributed by atoms with Gasteiger partial charge in [0.05, 0.1) is 6.61 Å². The van der Waals surface area contributed by atoms with Crippen molar-refractivity contribution in [2.24, 2.45) is 0 Å². The van der Waals surface area contributed by atoms with E-state index in [0.29, 0.717) is 6.61 Å². The number of halogens is 1. The molecule has 1 atom stereocenters. The molecule has 0 fully saturated rings. The Hall–Kier alpha value is -0.830. The highest BCUT2D eigenvalue weighted by molar-refractivity contribution is 9.10. The van der Waals surface area contributed by atoms with Crippen molar-refractivity contribution in [1.82, 2.24) is 0 Å². The minimum atomic E-state index is -0.171. The van der Waals surface area contributed by atoms with Crippen LogP contribution in [-0.4, -0.2) is 17.4 Å². The molecule has 0 spiro atoms. The highest BCUT2D eigenvalue weighted by Gasteiger charge is 2.15. The maximum absolute atomic E-state index is 11.6. The predicted octanol–water partition coefficient (Wildman–Crippen LogP) is 4.42. The lowest BCUT2D eigenvalue weighted by Crippen LogP contribution is -2.18. The Labute approximate surface area is 124 Å². The first-order valence-electron chi connectivity index (χ1n) is 6.99. The summed E-state index contributed by atoms with van der Waals surface area (Å²) in [7, 11) is 0. The zero-order valence-corrected chi connectivity index (χ0v) is 13.4. The molecule has 19 heavy (non-hydrogen) atoms. The first kappa shape index (κ1) is 16.2. The number of aryl methyl sites for hydroxylation is 2. The second-order valence-electron chi connectivity index (χ2n) is 4.87. The molecule has 1 unspecified atom stereocenters. The predicted molar refractivity (Wildman–Crippen MR) is 82.7 cm³/mol. The molecule has 0 saturated heterocycles. The number of hydrogen-bond donors (Lipinski definition) is 0. The number of alkyl halides is 1. The van der Waals surface area contributed by atoms with E-state index in [1.54, 1.807) is 0 Å². The van der Waals surface area contributed by atoms with Gasteiger partial charge in [0.2, 0.25) is 0 Å². The van der Waals surface area contributed by atoms with E-state index in [2.05, 4.69) is 54.0 Å². The van der Waals surface area contributed by atoms with Crippen LogP contribution in [0.25, 0.3) is 0 Å². The first-order valence-corrected chi connectivity index (χ1v) is 7.91. The molecule has 0 bridgehead atoms. The Bertz CT molecular complexity index is 373. The molecule has 1 rings (SSSR count). The number of esters is 1. The molecular weight excluding hydrogens is 304 g/mol. The van der Waals surface area contributed by atoms with Crippen LogP contribution in [0, 0.1) is 6.92 Å². The molecule has 0 saturated carbocycles. The topological polar surface area (TPSA) is 26.3 Å². The summed E-state index contributed by atoms with van der Waals surface area (Å²) in [6, 6.07) is 8.55. The lowest BCUT2D eigenvalue weighted by atomic mass is 10.1. The Balaban J connectivity index is 2.20. The summed E-state index contributed by atoms with van der Waals surface area (Å²) >= 11 is 3.41. The molecule has 0 aliphatic carbocycles. The molecule has 0 aliphatic heterocycles. The molecule has 106 valence electrons. The van der Waals surface area contributed by atoms with E-state index >= 15 is 0 Å². The Kier molecular flexibility index (Phi) is 7.80. The maximum atomic E-state index is 11.6. The van der Waals surface area contributed by atoms with Gasteiger partial charge in [-0.1, -0.05) is 59.1 Å². The monoisotopic (exact) mass is 326 g/mol. The summed E-state index contributed by atoms with van der Waals surface area (Å²) in [6.45, 7) is 4.71. The maximum Gasteiger partial charge on any atom is 0.319 e. The summed E-state index contributed by atoms with van der Waals surface area (Å²) in [4.78, 5) is 11.5. The second-order valence-corrected chi connectivity index (χ2v) is 5.97. The molecule has 0 amide bonds. The zero-order chi connectivity index (χ0) is 14.1. The van der Waals surface area contributed by atoms with Crippen molar-refractivity contribution in [3.8, 4) is 0 Å². The number of benzene rings is 1. The van der Waals surface area contributed by atoms with Gasteiger partial charge in [-0.05, 0) is 38.2 Å². The van der Waals surface area contributed by atoms with Crippen molar-refractivity contribution in [1.29, 1.82) is 0 Å². The summed E-state index contributed by atoms with van der Waals surface area (Å²) in [5, 5.41) is 0. The average Bonchev–Trinajstić information content (AvgIpc) is 2.41. The molecule has 3 heteroatoms. The summed E-state index contributed by atoms with van der Waals surface area (Å²) in [5.41, 5.74) is 2.60. The summed E-state index contributed by atoms with van der Waals surface area (Å²) < 4.78 is 5.18. The van der Waals surface area contributed by atoms with E-state index in [-0.39, 0.29) is 10.8 Å². The number of unbranched alkanes of at least 4 members (excludes halogenated alkanes) is 1. The van der Waals surface area contributed by atoms with Crippen molar-refractivity contribution in [3.63, 3.8) is 0 Å². The minimum absolute atomic E-state index is 0.127. The van der Waals surface area contributed by atoms with Crippen LogP contribution in [0.1, 0.15) is 43.7 Å². The van der Waals surface area contributed by atoms with Crippen LogP contribution in [0.2, 0.25) is 0 Å². The first-order chi connectivity index (χ1) is 9.13. The molecule has 2 nitrogen and oxygen atoms in total. The third-order valence-corrected chi connectivity index (χ3v) is 3.87. The zero-order valence-electron chi connectivity index (χ0n) is 11.8. The van der Waals surface area contributed by atoms with Gasteiger partial charge in [-0.15, -0.1) is 0 Å². The van der Waals surface area contributed by atoms with E-state index in [9.17, 15) is 4.79 Å². The largest absolute Gasteiger partial charge is 0.465 e. The van der Waals surface area contributed by atoms with Gasteiger partial charge in [-0.3, -0.25) is 4.79 Å². The molecular formula is C16H23BrO2. The Morgan fingerprint density at radius 1 is 1.26 bits per heavy atom. The summed E-state index contributed by atoms with van der Waals surface area (Å²) in [6.07, 6.45) is 4.80. The third kappa shape index (κ3) is 6.76. The van der Waals surface area contributed by atoms with Gasteiger partial charge in [0.15, 0.2) is 0 Å². The molecule has 1 aromatic rings. The van der Waals surface area contributed by atoms with Crippen LogP contribution in [-0.2, 0) is 16.0 Å². The van der Waals surface area contributed by atoms with E-state index in [1.165, 1.54) is 11.1 Å². The van der Waals surface area contributed by atoms with Crippen LogP contribution in [0.3, 0.4) is 0 Å². The fourth-order valence-electron chi connectivity index (χ4n) is 1.77. The highest BCUT2D eigenvalue weighted by Crippen LogP contribution is 2.14. The fourth-order valence-corrected chi connectivity index (χ4v) is 2.22. The van der Waals surface area contributed by atoms with Gasteiger partial charge in [-0.25, -0.2) is 0 Å². The van der Waals surface area contributed by atoms with Crippen LogP contribution >= 0.6 is 15.9 Å². The number of carbonyl (C=O) groups is 1. The lowest BCUT2D eigenvalue weighted by Gasteiger charge is -2.10. The quantitative estimate of drug-likeness (QED) is 0.401. The van der Waals surface area contributed by atoms with E-state index in [0.717, 1.165) is 32.1 Å². The molecule has 0 N–H and O–H groups in total. The number of rotatable bonds is 8. The van der Waals surface area contributed by atoms with Gasteiger partial charge < -0.3 is 4.74 Å². The number of carbonyl (C=O) groups excluding carboxylic acids is 1. The molecule has 0 aromatic heterocycles. The summed E-state index contributed by atoms with van der Waals surface area (Å²) in [5.74, 6) is -0.127. The number of hydrogen-bond acceptors (Lipinski definition) is 2. The molecule has 0 heterocycles. The van der Waals surface area contributed by atoms with Crippen molar-refractivity contribution in [3.05, 3.63) is 35.4 Å². The number of ether oxygens (including phenoxy) is 1. The van der Waals surface area contributed by atoms with Gasteiger partial charge in [-0.2, -0.15) is 0 Å².